The molecule has 0 saturated heterocycles. The van der Waals surface area contributed by atoms with Gasteiger partial charge in [-0.25, -0.2) is 0 Å². The summed E-state index contributed by atoms with van der Waals surface area (Å²) in [6, 6.07) is 0. The van der Waals surface area contributed by atoms with Crippen LogP contribution in [0.1, 0.15) is 60.3 Å². The highest BCUT2D eigenvalue weighted by molar-refractivity contribution is 5.06. The molecule has 1 heterocycles. The highest BCUT2D eigenvalue weighted by Gasteiger charge is 2.30. The van der Waals surface area contributed by atoms with Crippen molar-refractivity contribution in [1.82, 2.24) is 0 Å². The first-order valence-electron chi connectivity index (χ1n) is 6.41. The molecule has 0 aromatic rings. The molecule has 1 rings (SSSR count). The molecule has 1 aliphatic heterocycles. The normalized spacial score (nSPS) is 24.3. The zero-order valence-corrected chi connectivity index (χ0v) is 11.4. The first-order valence-corrected chi connectivity index (χ1v) is 6.41. The lowest BCUT2D eigenvalue weighted by Crippen LogP contribution is -2.32. The zero-order valence-electron chi connectivity index (χ0n) is 11.4. The predicted molar refractivity (Wildman–Crippen MR) is 67.4 cm³/mol. The molecule has 0 aromatic carbocycles. The van der Waals surface area contributed by atoms with Gasteiger partial charge in [0.2, 0.25) is 0 Å². The Hall–Kier alpha value is -0.340. The SMILES string of the molecule is CCCCCC1OC(C)(C)C=CC(C)(C)O1. The van der Waals surface area contributed by atoms with Crippen LogP contribution in [0.25, 0.3) is 0 Å². The van der Waals surface area contributed by atoms with E-state index in [0.717, 1.165) is 6.42 Å². The van der Waals surface area contributed by atoms with Crippen molar-refractivity contribution in [3.63, 3.8) is 0 Å². The maximum absolute atomic E-state index is 5.97. The molecular weight excluding hydrogens is 200 g/mol. The van der Waals surface area contributed by atoms with Crippen molar-refractivity contribution in [3.05, 3.63) is 12.2 Å². The van der Waals surface area contributed by atoms with Crippen molar-refractivity contribution in [2.45, 2.75) is 77.8 Å². The quantitative estimate of drug-likeness (QED) is 0.532. The van der Waals surface area contributed by atoms with E-state index in [9.17, 15) is 0 Å². The minimum atomic E-state index is -0.218. The van der Waals surface area contributed by atoms with E-state index in [4.69, 9.17) is 9.47 Å². The van der Waals surface area contributed by atoms with E-state index >= 15 is 0 Å². The number of rotatable bonds is 4. The predicted octanol–water partition coefficient (Wildman–Crippen LogP) is 4.05. The Kier molecular flexibility index (Phi) is 4.57. The standard InChI is InChI=1S/C14H26O2/c1-6-7-8-9-12-15-13(2,3)10-11-14(4,5)16-12/h10-12H,6-9H2,1-5H3. The van der Waals surface area contributed by atoms with Crippen LogP contribution in [0.4, 0.5) is 0 Å². The maximum atomic E-state index is 5.97. The molecule has 0 N–H and O–H groups in total. The molecule has 0 radical (unpaired) electrons. The molecule has 0 aromatic heterocycles. The molecule has 0 fully saturated rings. The molecular formula is C14H26O2. The minimum absolute atomic E-state index is 0.0773. The lowest BCUT2D eigenvalue weighted by molar-refractivity contribution is -0.214. The van der Waals surface area contributed by atoms with Crippen LogP contribution in [0.2, 0.25) is 0 Å². The van der Waals surface area contributed by atoms with Gasteiger partial charge < -0.3 is 9.47 Å². The van der Waals surface area contributed by atoms with Crippen molar-refractivity contribution in [1.29, 1.82) is 0 Å². The third-order valence-corrected chi connectivity index (χ3v) is 2.80. The van der Waals surface area contributed by atoms with Crippen LogP contribution >= 0.6 is 0 Å². The van der Waals surface area contributed by atoms with Crippen LogP contribution < -0.4 is 0 Å². The molecule has 0 spiro atoms. The summed E-state index contributed by atoms with van der Waals surface area (Å²) in [6.45, 7) is 10.6. The minimum Gasteiger partial charge on any atom is -0.343 e. The van der Waals surface area contributed by atoms with Gasteiger partial charge >= 0.3 is 0 Å². The molecule has 0 atom stereocenters. The second-order valence-electron chi connectivity index (χ2n) is 5.70. The Bertz CT molecular complexity index is 221. The second kappa shape index (κ2) is 5.33. The summed E-state index contributed by atoms with van der Waals surface area (Å²) in [7, 11) is 0. The molecule has 2 heteroatoms. The van der Waals surface area contributed by atoms with Crippen LogP contribution in [0.5, 0.6) is 0 Å². The first kappa shape index (κ1) is 13.7. The van der Waals surface area contributed by atoms with Gasteiger partial charge in [0.1, 0.15) is 0 Å². The molecule has 94 valence electrons. The van der Waals surface area contributed by atoms with E-state index in [0.29, 0.717) is 0 Å². The number of hydrogen-bond donors (Lipinski definition) is 0. The summed E-state index contributed by atoms with van der Waals surface area (Å²) >= 11 is 0. The van der Waals surface area contributed by atoms with Gasteiger partial charge in [-0.1, -0.05) is 31.9 Å². The summed E-state index contributed by atoms with van der Waals surface area (Å²) in [5.41, 5.74) is -0.435. The fourth-order valence-corrected chi connectivity index (χ4v) is 1.86. The smallest absolute Gasteiger partial charge is 0.159 e. The van der Waals surface area contributed by atoms with Crippen LogP contribution in [0.15, 0.2) is 12.2 Å². The number of hydrogen-bond acceptors (Lipinski definition) is 2. The van der Waals surface area contributed by atoms with Gasteiger partial charge in [0, 0.05) is 0 Å². The molecule has 0 aliphatic carbocycles. The van der Waals surface area contributed by atoms with Crippen LogP contribution in [0.3, 0.4) is 0 Å². The highest BCUT2D eigenvalue weighted by atomic mass is 16.7. The first-order chi connectivity index (χ1) is 7.35. The largest absolute Gasteiger partial charge is 0.343 e. The van der Waals surface area contributed by atoms with E-state index in [2.05, 4.69) is 46.8 Å². The fraction of sp³-hybridized carbons (Fsp3) is 0.857. The lowest BCUT2D eigenvalue weighted by atomic mass is 10.0. The summed E-state index contributed by atoms with van der Waals surface area (Å²) in [5.74, 6) is 0. The third kappa shape index (κ3) is 4.67. The van der Waals surface area contributed by atoms with Crippen molar-refractivity contribution in [2.75, 3.05) is 0 Å². The number of ether oxygens (including phenoxy) is 2. The van der Waals surface area contributed by atoms with E-state index < -0.39 is 0 Å². The van der Waals surface area contributed by atoms with Crippen LogP contribution in [0, 0.1) is 0 Å². The molecule has 0 amide bonds. The van der Waals surface area contributed by atoms with Crippen molar-refractivity contribution in [2.24, 2.45) is 0 Å². The summed E-state index contributed by atoms with van der Waals surface area (Å²) < 4.78 is 11.9. The van der Waals surface area contributed by atoms with Gasteiger partial charge in [0.15, 0.2) is 6.29 Å². The summed E-state index contributed by atoms with van der Waals surface area (Å²) in [6.07, 6.45) is 8.77. The summed E-state index contributed by atoms with van der Waals surface area (Å²) in [4.78, 5) is 0. The monoisotopic (exact) mass is 226 g/mol. The van der Waals surface area contributed by atoms with Crippen molar-refractivity contribution < 1.29 is 9.47 Å². The lowest BCUT2D eigenvalue weighted by Gasteiger charge is -2.29. The molecule has 16 heavy (non-hydrogen) atoms. The Labute approximate surface area is 100 Å². The average Bonchev–Trinajstić information content (AvgIpc) is 2.23. The van der Waals surface area contributed by atoms with Crippen molar-refractivity contribution >= 4 is 0 Å². The zero-order chi connectivity index (χ0) is 12.2. The topological polar surface area (TPSA) is 18.5 Å². The van der Waals surface area contributed by atoms with Gasteiger partial charge in [-0.3, -0.25) is 0 Å². The summed E-state index contributed by atoms with van der Waals surface area (Å²) in [5, 5.41) is 0. The molecule has 0 unspecified atom stereocenters. The van der Waals surface area contributed by atoms with E-state index in [1.54, 1.807) is 0 Å². The van der Waals surface area contributed by atoms with Crippen LogP contribution in [-0.2, 0) is 9.47 Å². The maximum Gasteiger partial charge on any atom is 0.159 e. The van der Waals surface area contributed by atoms with Gasteiger partial charge in [-0.2, -0.15) is 0 Å². The Morgan fingerprint density at radius 1 is 0.938 bits per heavy atom. The molecule has 2 nitrogen and oxygen atoms in total. The average molecular weight is 226 g/mol. The molecule has 0 bridgehead atoms. The van der Waals surface area contributed by atoms with Crippen LogP contribution in [-0.4, -0.2) is 17.5 Å². The third-order valence-electron chi connectivity index (χ3n) is 2.80. The van der Waals surface area contributed by atoms with Crippen molar-refractivity contribution in [3.8, 4) is 0 Å². The van der Waals surface area contributed by atoms with Gasteiger partial charge in [0.25, 0.3) is 0 Å². The number of unbranched alkanes of at least 4 members (excludes halogenated alkanes) is 2. The van der Waals surface area contributed by atoms with E-state index in [1.807, 2.05) is 0 Å². The van der Waals surface area contributed by atoms with E-state index in [-0.39, 0.29) is 17.5 Å². The van der Waals surface area contributed by atoms with Gasteiger partial charge in [-0.15, -0.1) is 0 Å². The Morgan fingerprint density at radius 2 is 1.44 bits per heavy atom. The van der Waals surface area contributed by atoms with E-state index in [1.165, 1.54) is 19.3 Å². The molecule has 1 aliphatic rings. The van der Waals surface area contributed by atoms with Gasteiger partial charge in [-0.05, 0) is 40.5 Å². The Morgan fingerprint density at radius 3 is 1.88 bits per heavy atom. The second-order valence-corrected chi connectivity index (χ2v) is 5.70. The Balaban J connectivity index is 2.58. The van der Waals surface area contributed by atoms with Gasteiger partial charge in [0.05, 0.1) is 11.2 Å². The fourth-order valence-electron chi connectivity index (χ4n) is 1.86. The molecule has 0 saturated carbocycles. The highest BCUT2D eigenvalue weighted by Crippen LogP contribution is 2.28.